The highest BCUT2D eigenvalue weighted by Gasteiger charge is 2.17. The highest BCUT2D eigenvalue weighted by atomic mass is 16.5. The minimum absolute atomic E-state index is 0.0851. The van der Waals surface area contributed by atoms with Gasteiger partial charge in [0.05, 0.1) is 14.2 Å². The summed E-state index contributed by atoms with van der Waals surface area (Å²) < 4.78 is 16.1. The van der Waals surface area contributed by atoms with E-state index in [4.69, 9.17) is 14.2 Å². The molecule has 2 aromatic carbocycles. The summed E-state index contributed by atoms with van der Waals surface area (Å²) in [5.74, 6) is 2.18. The Labute approximate surface area is 155 Å². The fourth-order valence-corrected chi connectivity index (χ4v) is 2.55. The second-order valence-corrected chi connectivity index (χ2v) is 5.93. The van der Waals surface area contributed by atoms with Gasteiger partial charge >= 0.3 is 0 Å². The Balaban J connectivity index is 1.75. The molecule has 5 nitrogen and oxygen atoms in total. The third kappa shape index (κ3) is 5.99. The average Bonchev–Trinajstić information content (AvgIpc) is 2.70. The van der Waals surface area contributed by atoms with Crippen molar-refractivity contribution in [2.75, 3.05) is 20.8 Å². The second-order valence-electron chi connectivity index (χ2n) is 5.93. The molecule has 0 fully saturated rings. The van der Waals surface area contributed by atoms with Crippen molar-refractivity contribution < 1.29 is 19.0 Å². The van der Waals surface area contributed by atoms with E-state index in [0.29, 0.717) is 18.7 Å². The molecule has 2 aromatic rings. The Bertz CT molecular complexity index is 667. The fourth-order valence-electron chi connectivity index (χ4n) is 2.55. The molecule has 0 bridgehead atoms. The van der Waals surface area contributed by atoms with Crippen molar-refractivity contribution >= 4 is 5.91 Å². The molecule has 0 aromatic heterocycles. The zero-order chi connectivity index (χ0) is 18.8. The number of carbonyl (C=O) groups excluding carboxylic acids is 1. The van der Waals surface area contributed by atoms with Gasteiger partial charge in [-0.1, -0.05) is 19.1 Å². The lowest BCUT2D eigenvalue weighted by Gasteiger charge is -2.17. The van der Waals surface area contributed by atoms with E-state index in [-0.39, 0.29) is 5.91 Å². The van der Waals surface area contributed by atoms with Gasteiger partial charge in [0.1, 0.15) is 17.2 Å². The molecular weight excluding hydrogens is 330 g/mol. The molecule has 140 valence electrons. The standard InChI is InChI=1S/C21H27NO4/c1-4-20(26-19-13-11-18(25-3)12-14-19)21(23)22-15-5-6-16-7-9-17(24-2)10-8-16/h7-14,20H,4-6,15H2,1-3H3,(H,22,23)/t20-/m1/s1. The molecule has 0 saturated carbocycles. The van der Waals surface area contributed by atoms with Gasteiger partial charge in [0.2, 0.25) is 0 Å². The van der Waals surface area contributed by atoms with Crippen LogP contribution >= 0.6 is 0 Å². The number of aryl methyl sites for hydroxylation is 1. The number of ether oxygens (including phenoxy) is 3. The zero-order valence-corrected chi connectivity index (χ0v) is 15.7. The van der Waals surface area contributed by atoms with Crippen LogP contribution in [0.25, 0.3) is 0 Å². The number of hydrogen-bond donors (Lipinski definition) is 1. The van der Waals surface area contributed by atoms with Crippen LogP contribution in [0.3, 0.4) is 0 Å². The molecule has 0 saturated heterocycles. The number of amides is 1. The van der Waals surface area contributed by atoms with Crippen LogP contribution < -0.4 is 19.5 Å². The third-order valence-corrected chi connectivity index (χ3v) is 4.10. The summed E-state index contributed by atoms with van der Waals surface area (Å²) in [5, 5.41) is 2.96. The lowest BCUT2D eigenvalue weighted by Crippen LogP contribution is -2.38. The number of benzene rings is 2. The van der Waals surface area contributed by atoms with E-state index in [1.807, 2.05) is 43.3 Å². The molecule has 2 rings (SSSR count). The topological polar surface area (TPSA) is 56.8 Å². The van der Waals surface area contributed by atoms with Gasteiger partial charge in [-0.05, 0) is 61.2 Å². The number of hydrogen-bond acceptors (Lipinski definition) is 4. The largest absolute Gasteiger partial charge is 0.497 e. The first kappa shape index (κ1) is 19.6. The van der Waals surface area contributed by atoms with Gasteiger partial charge in [0, 0.05) is 6.54 Å². The van der Waals surface area contributed by atoms with Gasteiger partial charge in [0.15, 0.2) is 6.10 Å². The van der Waals surface area contributed by atoms with Gasteiger partial charge in [0.25, 0.3) is 5.91 Å². The highest BCUT2D eigenvalue weighted by molar-refractivity contribution is 5.81. The molecule has 1 amide bonds. The quantitative estimate of drug-likeness (QED) is 0.660. The smallest absolute Gasteiger partial charge is 0.261 e. The van der Waals surface area contributed by atoms with E-state index in [1.54, 1.807) is 26.4 Å². The van der Waals surface area contributed by atoms with Gasteiger partial charge < -0.3 is 19.5 Å². The van der Waals surface area contributed by atoms with Crippen molar-refractivity contribution in [1.29, 1.82) is 0 Å². The average molecular weight is 357 g/mol. The van der Waals surface area contributed by atoms with E-state index in [9.17, 15) is 4.79 Å². The van der Waals surface area contributed by atoms with E-state index in [1.165, 1.54) is 5.56 Å². The Morgan fingerprint density at radius 3 is 2.00 bits per heavy atom. The Morgan fingerprint density at radius 1 is 0.923 bits per heavy atom. The van der Waals surface area contributed by atoms with E-state index < -0.39 is 6.10 Å². The number of carbonyl (C=O) groups is 1. The van der Waals surface area contributed by atoms with E-state index in [0.717, 1.165) is 24.3 Å². The monoisotopic (exact) mass is 357 g/mol. The Morgan fingerprint density at radius 2 is 1.46 bits per heavy atom. The first-order chi connectivity index (χ1) is 12.7. The first-order valence-corrected chi connectivity index (χ1v) is 8.87. The Hall–Kier alpha value is -2.69. The summed E-state index contributed by atoms with van der Waals surface area (Å²) in [4.78, 5) is 12.3. The van der Waals surface area contributed by atoms with E-state index in [2.05, 4.69) is 5.32 Å². The van der Waals surface area contributed by atoms with Crippen LogP contribution in [-0.2, 0) is 11.2 Å². The van der Waals surface area contributed by atoms with E-state index >= 15 is 0 Å². The van der Waals surface area contributed by atoms with Gasteiger partial charge in [-0.25, -0.2) is 0 Å². The minimum Gasteiger partial charge on any atom is -0.497 e. The molecule has 1 N–H and O–H groups in total. The van der Waals surface area contributed by atoms with Crippen LogP contribution in [0.15, 0.2) is 48.5 Å². The summed E-state index contributed by atoms with van der Waals surface area (Å²) in [7, 11) is 3.27. The van der Waals surface area contributed by atoms with Crippen molar-refractivity contribution in [3.8, 4) is 17.2 Å². The summed E-state index contributed by atoms with van der Waals surface area (Å²) in [6, 6.07) is 15.2. The van der Waals surface area contributed by atoms with Crippen LogP contribution in [0, 0.1) is 0 Å². The molecule has 0 radical (unpaired) electrons. The summed E-state index contributed by atoms with van der Waals surface area (Å²) >= 11 is 0. The van der Waals surface area contributed by atoms with Crippen LogP contribution in [0.4, 0.5) is 0 Å². The molecule has 26 heavy (non-hydrogen) atoms. The van der Waals surface area contributed by atoms with Crippen molar-refractivity contribution in [1.82, 2.24) is 5.32 Å². The van der Waals surface area contributed by atoms with Crippen LogP contribution in [0.5, 0.6) is 17.2 Å². The van der Waals surface area contributed by atoms with Gasteiger partial charge in [-0.15, -0.1) is 0 Å². The predicted molar refractivity (Wildman–Crippen MR) is 102 cm³/mol. The minimum atomic E-state index is -0.496. The summed E-state index contributed by atoms with van der Waals surface area (Å²) in [6.07, 6.45) is 1.89. The van der Waals surface area contributed by atoms with Crippen molar-refractivity contribution in [3.63, 3.8) is 0 Å². The van der Waals surface area contributed by atoms with Crippen molar-refractivity contribution in [2.24, 2.45) is 0 Å². The molecule has 1 atom stereocenters. The lowest BCUT2D eigenvalue weighted by molar-refractivity contribution is -0.128. The second kappa shape index (κ2) is 10.3. The molecule has 0 heterocycles. The van der Waals surface area contributed by atoms with Crippen LogP contribution in [-0.4, -0.2) is 32.8 Å². The molecule has 0 aliphatic heterocycles. The van der Waals surface area contributed by atoms with Crippen LogP contribution in [0.2, 0.25) is 0 Å². The SMILES string of the molecule is CC[C@@H](Oc1ccc(OC)cc1)C(=O)NCCCc1ccc(OC)cc1. The fraction of sp³-hybridized carbons (Fsp3) is 0.381. The normalized spacial score (nSPS) is 11.5. The first-order valence-electron chi connectivity index (χ1n) is 8.87. The summed E-state index contributed by atoms with van der Waals surface area (Å²) in [5.41, 5.74) is 1.22. The Kier molecular flexibility index (Phi) is 7.80. The molecule has 0 aliphatic carbocycles. The summed E-state index contributed by atoms with van der Waals surface area (Å²) in [6.45, 7) is 2.55. The molecule has 5 heteroatoms. The highest BCUT2D eigenvalue weighted by Crippen LogP contribution is 2.19. The van der Waals surface area contributed by atoms with Crippen LogP contribution in [0.1, 0.15) is 25.3 Å². The zero-order valence-electron chi connectivity index (χ0n) is 15.7. The third-order valence-electron chi connectivity index (χ3n) is 4.10. The predicted octanol–water partition coefficient (Wildman–Crippen LogP) is 3.61. The number of methoxy groups -OCH3 is 2. The maximum atomic E-state index is 12.3. The molecule has 0 aliphatic rings. The van der Waals surface area contributed by atoms with Crippen molar-refractivity contribution in [2.45, 2.75) is 32.3 Å². The maximum absolute atomic E-state index is 12.3. The lowest BCUT2D eigenvalue weighted by atomic mass is 10.1. The molecule has 0 spiro atoms. The van der Waals surface area contributed by atoms with Gasteiger partial charge in [-0.2, -0.15) is 0 Å². The molecule has 0 unspecified atom stereocenters. The maximum Gasteiger partial charge on any atom is 0.261 e. The number of rotatable bonds is 10. The van der Waals surface area contributed by atoms with Gasteiger partial charge in [-0.3, -0.25) is 4.79 Å². The van der Waals surface area contributed by atoms with Crippen molar-refractivity contribution in [3.05, 3.63) is 54.1 Å². The molecular formula is C21H27NO4. The number of nitrogens with one attached hydrogen (secondary N) is 1.